The molecule has 0 spiro atoms. The first-order valence-corrected chi connectivity index (χ1v) is 10.4. The molecule has 1 unspecified atom stereocenters. The Labute approximate surface area is 187 Å². The number of nitrogens with zero attached hydrogens (tertiary/aromatic N) is 3. The fraction of sp³-hybridized carbons (Fsp3) is 0.273. The van der Waals surface area contributed by atoms with Gasteiger partial charge in [0.05, 0.1) is 23.0 Å². The van der Waals surface area contributed by atoms with E-state index in [0.717, 1.165) is 36.2 Å². The van der Waals surface area contributed by atoms with Crippen LogP contribution in [0.15, 0.2) is 42.6 Å². The molecule has 7 nitrogen and oxygen atoms in total. The first-order chi connectivity index (χ1) is 15.3. The molecule has 3 aromatic rings. The summed E-state index contributed by atoms with van der Waals surface area (Å²) >= 11 is 6.14. The van der Waals surface area contributed by atoms with Crippen molar-refractivity contribution < 1.29 is 18.4 Å². The number of anilines is 1. The molecule has 0 saturated carbocycles. The summed E-state index contributed by atoms with van der Waals surface area (Å²) < 4.78 is 28.7. The molecule has 2 aromatic heterocycles. The van der Waals surface area contributed by atoms with Gasteiger partial charge in [-0.05, 0) is 43.5 Å². The van der Waals surface area contributed by atoms with Crippen molar-refractivity contribution in [2.45, 2.75) is 24.7 Å². The molecule has 0 radical (unpaired) electrons. The second-order valence-electron chi connectivity index (χ2n) is 7.67. The van der Waals surface area contributed by atoms with Crippen LogP contribution in [0.1, 0.15) is 29.8 Å². The van der Waals surface area contributed by atoms with Gasteiger partial charge in [-0.3, -0.25) is 14.3 Å². The lowest BCUT2D eigenvalue weighted by atomic mass is 9.69. The molecular formula is C22H20ClF2N5O2. The lowest BCUT2D eigenvalue weighted by Gasteiger charge is -2.37. The van der Waals surface area contributed by atoms with E-state index in [1.54, 1.807) is 23.0 Å². The SMILES string of the molecule is Cn1ncc2c1CCCC2(CNC(=O)C(=O)Nc1ccc(F)cc1F)c1cccc(Cl)n1. The van der Waals surface area contributed by atoms with Gasteiger partial charge in [-0.2, -0.15) is 5.10 Å². The Balaban J connectivity index is 1.59. The molecule has 166 valence electrons. The Morgan fingerprint density at radius 1 is 1.22 bits per heavy atom. The molecule has 0 bridgehead atoms. The fourth-order valence-electron chi connectivity index (χ4n) is 4.15. The number of halogens is 3. The van der Waals surface area contributed by atoms with E-state index in [0.29, 0.717) is 23.3 Å². The summed E-state index contributed by atoms with van der Waals surface area (Å²) in [6, 6.07) is 7.93. The number of benzene rings is 1. The molecule has 1 aliphatic carbocycles. The minimum Gasteiger partial charge on any atom is -0.347 e. The van der Waals surface area contributed by atoms with Crippen LogP contribution in [0.5, 0.6) is 0 Å². The van der Waals surface area contributed by atoms with Crippen LogP contribution in [0.25, 0.3) is 0 Å². The Morgan fingerprint density at radius 2 is 2.03 bits per heavy atom. The zero-order valence-corrected chi connectivity index (χ0v) is 17.9. The minimum atomic E-state index is -1.06. The van der Waals surface area contributed by atoms with Crippen LogP contribution in [0.2, 0.25) is 5.15 Å². The van der Waals surface area contributed by atoms with Crippen molar-refractivity contribution in [3.05, 3.63) is 76.3 Å². The van der Waals surface area contributed by atoms with Crippen molar-refractivity contribution in [3.8, 4) is 0 Å². The van der Waals surface area contributed by atoms with Crippen molar-refractivity contribution in [1.29, 1.82) is 0 Å². The van der Waals surface area contributed by atoms with Gasteiger partial charge >= 0.3 is 11.8 Å². The molecule has 1 atom stereocenters. The van der Waals surface area contributed by atoms with Crippen LogP contribution >= 0.6 is 11.6 Å². The second-order valence-corrected chi connectivity index (χ2v) is 8.06. The topological polar surface area (TPSA) is 88.9 Å². The van der Waals surface area contributed by atoms with Crippen LogP contribution in [-0.2, 0) is 28.5 Å². The summed E-state index contributed by atoms with van der Waals surface area (Å²) in [7, 11) is 1.85. The maximum atomic E-state index is 13.8. The summed E-state index contributed by atoms with van der Waals surface area (Å²) in [6.45, 7) is 0.0667. The van der Waals surface area contributed by atoms with Gasteiger partial charge in [0, 0.05) is 30.9 Å². The van der Waals surface area contributed by atoms with E-state index in [4.69, 9.17) is 11.6 Å². The number of hydrogen-bond acceptors (Lipinski definition) is 4. The Bertz CT molecular complexity index is 1200. The van der Waals surface area contributed by atoms with Crippen molar-refractivity contribution in [3.63, 3.8) is 0 Å². The number of hydrogen-bond donors (Lipinski definition) is 2. The summed E-state index contributed by atoms with van der Waals surface area (Å²) in [6.07, 6.45) is 4.06. The summed E-state index contributed by atoms with van der Waals surface area (Å²) in [5.74, 6) is -3.78. The molecule has 0 aliphatic heterocycles. The maximum Gasteiger partial charge on any atom is 0.313 e. The summed E-state index contributed by atoms with van der Waals surface area (Å²) in [5.41, 5.74) is 1.56. The highest BCUT2D eigenvalue weighted by Crippen LogP contribution is 2.41. The molecule has 2 amide bonds. The normalized spacial score (nSPS) is 17.5. The average molecular weight is 460 g/mol. The number of pyridine rings is 1. The third-order valence-corrected chi connectivity index (χ3v) is 5.95. The maximum absolute atomic E-state index is 13.8. The Hall–Kier alpha value is -3.33. The number of aryl methyl sites for hydroxylation is 1. The van der Waals surface area contributed by atoms with E-state index in [2.05, 4.69) is 20.7 Å². The van der Waals surface area contributed by atoms with Crippen LogP contribution in [-0.4, -0.2) is 33.1 Å². The smallest absolute Gasteiger partial charge is 0.313 e. The van der Waals surface area contributed by atoms with Gasteiger partial charge < -0.3 is 10.6 Å². The predicted molar refractivity (Wildman–Crippen MR) is 114 cm³/mol. The van der Waals surface area contributed by atoms with E-state index in [1.165, 1.54) is 0 Å². The van der Waals surface area contributed by atoms with E-state index >= 15 is 0 Å². The Kier molecular flexibility index (Phi) is 5.92. The third-order valence-electron chi connectivity index (χ3n) is 5.74. The molecule has 2 N–H and O–H groups in total. The minimum absolute atomic E-state index is 0.0667. The second kappa shape index (κ2) is 8.66. The molecule has 1 aliphatic rings. The van der Waals surface area contributed by atoms with Gasteiger partial charge in [0.15, 0.2) is 0 Å². The van der Waals surface area contributed by atoms with Gasteiger partial charge in [-0.25, -0.2) is 13.8 Å². The zero-order valence-electron chi connectivity index (χ0n) is 17.2. The van der Waals surface area contributed by atoms with Crippen LogP contribution in [0, 0.1) is 11.6 Å². The third kappa shape index (κ3) is 4.08. The number of aromatic nitrogens is 3. The number of nitrogens with one attached hydrogen (secondary N) is 2. The van der Waals surface area contributed by atoms with Crippen molar-refractivity contribution in [1.82, 2.24) is 20.1 Å². The molecule has 1 aromatic carbocycles. The number of carbonyl (C=O) groups excluding carboxylic acids is 2. The van der Waals surface area contributed by atoms with Gasteiger partial charge in [0.25, 0.3) is 0 Å². The predicted octanol–water partition coefficient (Wildman–Crippen LogP) is 3.12. The van der Waals surface area contributed by atoms with Crippen molar-refractivity contribution in [2.24, 2.45) is 7.05 Å². The van der Waals surface area contributed by atoms with Gasteiger partial charge in [-0.1, -0.05) is 17.7 Å². The first kappa shape index (κ1) is 21.9. The monoisotopic (exact) mass is 459 g/mol. The first-order valence-electron chi connectivity index (χ1n) is 9.99. The van der Waals surface area contributed by atoms with E-state index < -0.39 is 28.9 Å². The highest BCUT2D eigenvalue weighted by Gasteiger charge is 2.42. The van der Waals surface area contributed by atoms with Gasteiger partial charge in [0.2, 0.25) is 0 Å². The highest BCUT2D eigenvalue weighted by atomic mass is 35.5. The number of rotatable bonds is 4. The van der Waals surface area contributed by atoms with Crippen molar-refractivity contribution >= 4 is 29.1 Å². The lowest BCUT2D eigenvalue weighted by Crippen LogP contribution is -2.47. The molecule has 32 heavy (non-hydrogen) atoms. The highest BCUT2D eigenvalue weighted by molar-refractivity contribution is 6.39. The number of amides is 2. The fourth-order valence-corrected chi connectivity index (χ4v) is 4.31. The molecular weight excluding hydrogens is 440 g/mol. The molecule has 0 fully saturated rings. The Morgan fingerprint density at radius 3 is 2.78 bits per heavy atom. The van der Waals surface area contributed by atoms with Gasteiger partial charge in [-0.15, -0.1) is 0 Å². The van der Waals surface area contributed by atoms with Gasteiger partial charge in [0.1, 0.15) is 16.8 Å². The average Bonchev–Trinajstić information content (AvgIpc) is 3.15. The number of carbonyl (C=O) groups is 2. The van der Waals surface area contributed by atoms with Crippen LogP contribution in [0.3, 0.4) is 0 Å². The largest absolute Gasteiger partial charge is 0.347 e. The molecule has 4 rings (SSSR count). The summed E-state index contributed by atoms with van der Waals surface area (Å²) in [4.78, 5) is 29.3. The molecule has 10 heteroatoms. The zero-order chi connectivity index (χ0) is 22.9. The lowest BCUT2D eigenvalue weighted by molar-refractivity contribution is -0.136. The quantitative estimate of drug-likeness (QED) is 0.463. The summed E-state index contributed by atoms with van der Waals surface area (Å²) in [5, 5.41) is 9.49. The number of fused-ring (bicyclic) bond motifs is 1. The molecule has 0 saturated heterocycles. The molecule has 2 heterocycles. The van der Waals surface area contributed by atoms with Crippen LogP contribution < -0.4 is 10.6 Å². The van der Waals surface area contributed by atoms with Crippen LogP contribution in [0.4, 0.5) is 14.5 Å². The van der Waals surface area contributed by atoms with E-state index in [-0.39, 0.29) is 12.2 Å². The van der Waals surface area contributed by atoms with E-state index in [9.17, 15) is 18.4 Å². The standard InChI is InChI=1S/C22H20ClF2N5O2/c1-30-17-4-3-9-22(14(17)11-27-30,18-5-2-6-19(23)29-18)12-26-20(31)21(32)28-16-8-7-13(24)10-15(16)25/h2,5-8,10-11H,3-4,9,12H2,1H3,(H,26,31)(H,28,32). The van der Waals surface area contributed by atoms with E-state index in [1.807, 2.05) is 13.1 Å². The van der Waals surface area contributed by atoms with Crippen molar-refractivity contribution in [2.75, 3.05) is 11.9 Å².